The van der Waals surface area contributed by atoms with E-state index in [4.69, 9.17) is 0 Å². The number of benzene rings is 1. The zero-order chi connectivity index (χ0) is 11.1. The lowest BCUT2D eigenvalue weighted by atomic mass is 9.96. The molecular weight excluding hydrogens is 180 g/mol. The van der Waals surface area contributed by atoms with Crippen molar-refractivity contribution in [3.8, 4) is 0 Å². The van der Waals surface area contributed by atoms with Crippen LogP contribution in [-0.4, -0.2) is 0 Å². The molecule has 0 heterocycles. The zero-order valence-corrected chi connectivity index (χ0v) is 10.1. The third-order valence-electron chi connectivity index (χ3n) is 2.69. The maximum atomic E-state index is 3.82. The van der Waals surface area contributed by atoms with Crippen LogP contribution in [0.5, 0.6) is 0 Å². The lowest BCUT2D eigenvalue weighted by molar-refractivity contribution is 0.884. The molecule has 0 aliphatic rings. The van der Waals surface area contributed by atoms with Gasteiger partial charge < -0.3 is 0 Å². The van der Waals surface area contributed by atoms with Crippen LogP contribution in [0.2, 0.25) is 0 Å². The van der Waals surface area contributed by atoms with Crippen LogP contribution in [0.1, 0.15) is 43.4 Å². The van der Waals surface area contributed by atoms with Crippen molar-refractivity contribution in [2.45, 2.75) is 46.0 Å². The summed E-state index contributed by atoms with van der Waals surface area (Å²) in [6.45, 7) is 8.29. The van der Waals surface area contributed by atoms with Gasteiger partial charge in [-0.05, 0) is 36.0 Å². The average molecular weight is 202 g/mol. The Balaban J connectivity index is 2.91. The van der Waals surface area contributed by atoms with E-state index in [1.54, 1.807) is 0 Å². The van der Waals surface area contributed by atoms with Gasteiger partial charge in [0, 0.05) is 0 Å². The molecule has 0 radical (unpaired) electrons. The summed E-state index contributed by atoms with van der Waals surface area (Å²) in [4.78, 5) is 0. The van der Waals surface area contributed by atoms with Crippen molar-refractivity contribution in [2.75, 3.05) is 0 Å². The summed E-state index contributed by atoms with van der Waals surface area (Å²) in [6, 6.07) is 6.92. The average Bonchev–Trinajstić information content (AvgIpc) is 2.23. The molecule has 0 aromatic heterocycles. The van der Waals surface area contributed by atoms with Crippen molar-refractivity contribution in [3.05, 3.63) is 47.5 Å². The zero-order valence-electron chi connectivity index (χ0n) is 10.1. The fraction of sp³-hybridized carbons (Fsp3) is 0.467. The quantitative estimate of drug-likeness (QED) is 0.603. The van der Waals surface area contributed by atoms with E-state index >= 15 is 0 Å². The van der Waals surface area contributed by atoms with Crippen molar-refractivity contribution in [3.63, 3.8) is 0 Å². The first-order valence-corrected chi connectivity index (χ1v) is 6.03. The Labute approximate surface area is 94.0 Å². The normalized spacial score (nSPS) is 10.3. The standard InChI is InChI=1S/C15H22/c1-4-7-13-10-11-14(8-5-2)15(12-13)9-6-3/h5,10-12H,2,4,6-9H2,1,3H3. The minimum absolute atomic E-state index is 1.00. The Hall–Kier alpha value is -1.04. The van der Waals surface area contributed by atoms with Gasteiger partial charge in [0.1, 0.15) is 0 Å². The van der Waals surface area contributed by atoms with Gasteiger partial charge in [0.2, 0.25) is 0 Å². The summed E-state index contributed by atoms with van der Waals surface area (Å²) in [6.07, 6.45) is 7.84. The van der Waals surface area contributed by atoms with E-state index < -0.39 is 0 Å². The fourth-order valence-electron chi connectivity index (χ4n) is 1.98. The molecule has 1 aromatic rings. The second-order valence-corrected chi connectivity index (χ2v) is 4.10. The van der Waals surface area contributed by atoms with Crippen molar-refractivity contribution >= 4 is 0 Å². The Morgan fingerprint density at radius 1 is 1.07 bits per heavy atom. The molecule has 0 aliphatic heterocycles. The molecule has 82 valence electrons. The highest BCUT2D eigenvalue weighted by atomic mass is 14.1. The van der Waals surface area contributed by atoms with Crippen molar-refractivity contribution in [1.29, 1.82) is 0 Å². The van der Waals surface area contributed by atoms with Gasteiger partial charge in [-0.15, -0.1) is 6.58 Å². The van der Waals surface area contributed by atoms with Gasteiger partial charge >= 0.3 is 0 Å². The molecule has 0 saturated carbocycles. The van der Waals surface area contributed by atoms with Crippen LogP contribution in [0.15, 0.2) is 30.9 Å². The topological polar surface area (TPSA) is 0 Å². The lowest BCUT2D eigenvalue weighted by Gasteiger charge is -2.09. The van der Waals surface area contributed by atoms with E-state index in [9.17, 15) is 0 Å². The maximum absolute atomic E-state index is 3.82. The number of rotatable bonds is 6. The molecule has 0 amide bonds. The highest BCUT2D eigenvalue weighted by Crippen LogP contribution is 2.16. The van der Waals surface area contributed by atoms with E-state index in [0.29, 0.717) is 0 Å². The van der Waals surface area contributed by atoms with Crippen LogP contribution in [0.25, 0.3) is 0 Å². The molecule has 0 heteroatoms. The molecule has 0 unspecified atom stereocenters. The molecule has 1 aromatic carbocycles. The van der Waals surface area contributed by atoms with Crippen LogP contribution in [0.4, 0.5) is 0 Å². The van der Waals surface area contributed by atoms with Gasteiger partial charge in [0.15, 0.2) is 0 Å². The highest BCUT2D eigenvalue weighted by Gasteiger charge is 2.01. The number of aryl methyl sites for hydroxylation is 2. The molecule has 1 rings (SSSR count). The first-order chi connectivity index (χ1) is 7.31. The molecule has 0 aliphatic carbocycles. The predicted octanol–water partition coefficient (Wildman–Crippen LogP) is 4.32. The molecule has 0 N–H and O–H groups in total. The van der Waals surface area contributed by atoms with Crippen LogP contribution >= 0.6 is 0 Å². The second kappa shape index (κ2) is 6.44. The van der Waals surface area contributed by atoms with Gasteiger partial charge in [0.25, 0.3) is 0 Å². The first kappa shape index (κ1) is 12.0. The third-order valence-corrected chi connectivity index (χ3v) is 2.69. The Kier molecular flexibility index (Phi) is 5.17. The van der Waals surface area contributed by atoms with Crippen LogP contribution < -0.4 is 0 Å². The maximum Gasteiger partial charge on any atom is -0.00974 e. The monoisotopic (exact) mass is 202 g/mol. The summed E-state index contributed by atoms with van der Waals surface area (Å²) in [5.74, 6) is 0. The summed E-state index contributed by atoms with van der Waals surface area (Å²) in [7, 11) is 0. The van der Waals surface area contributed by atoms with Crippen molar-refractivity contribution in [1.82, 2.24) is 0 Å². The van der Waals surface area contributed by atoms with Crippen molar-refractivity contribution in [2.24, 2.45) is 0 Å². The summed E-state index contributed by atoms with van der Waals surface area (Å²) in [5, 5.41) is 0. The number of hydrogen-bond acceptors (Lipinski definition) is 0. The number of hydrogen-bond donors (Lipinski definition) is 0. The minimum Gasteiger partial charge on any atom is -0.103 e. The van der Waals surface area contributed by atoms with Gasteiger partial charge in [-0.25, -0.2) is 0 Å². The molecule has 0 spiro atoms. The highest BCUT2D eigenvalue weighted by molar-refractivity contribution is 5.33. The summed E-state index contributed by atoms with van der Waals surface area (Å²) in [5.41, 5.74) is 4.45. The van der Waals surface area contributed by atoms with Crippen LogP contribution in [0.3, 0.4) is 0 Å². The Morgan fingerprint density at radius 3 is 2.40 bits per heavy atom. The number of allylic oxidation sites excluding steroid dienone is 1. The van der Waals surface area contributed by atoms with Crippen molar-refractivity contribution < 1.29 is 0 Å². The fourth-order valence-corrected chi connectivity index (χ4v) is 1.98. The first-order valence-electron chi connectivity index (χ1n) is 6.03. The van der Waals surface area contributed by atoms with E-state index in [-0.39, 0.29) is 0 Å². The van der Waals surface area contributed by atoms with E-state index in [1.807, 2.05) is 6.08 Å². The summed E-state index contributed by atoms with van der Waals surface area (Å²) < 4.78 is 0. The SMILES string of the molecule is C=CCc1ccc(CCC)cc1CCC. The van der Waals surface area contributed by atoms with Gasteiger partial charge in [-0.3, -0.25) is 0 Å². The van der Waals surface area contributed by atoms with Crippen LogP contribution in [-0.2, 0) is 19.3 Å². The van der Waals surface area contributed by atoms with Gasteiger partial charge in [-0.2, -0.15) is 0 Å². The second-order valence-electron chi connectivity index (χ2n) is 4.10. The molecule has 0 atom stereocenters. The van der Waals surface area contributed by atoms with E-state index in [0.717, 1.165) is 6.42 Å². The lowest BCUT2D eigenvalue weighted by Crippen LogP contribution is -1.95. The Bertz CT molecular complexity index is 310. The largest absolute Gasteiger partial charge is 0.103 e. The Morgan fingerprint density at radius 2 is 1.80 bits per heavy atom. The molecule has 0 bridgehead atoms. The molecule has 0 saturated heterocycles. The molecule has 15 heavy (non-hydrogen) atoms. The minimum atomic E-state index is 1.00. The predicted molar refractivity (Wildman–Crippen MR) is 68.3 cm³/mol. The van der Waals surface area contributed by atoms with E-state index in [1.165, 1.54) is 42.4 Å². The molecule has 0 fully saturated rings. The molecule has 0 nitrogen and oxygen atoms in total. The van der Waals surface area contributed by atoms with Gasteiger partial charge in [-0.1, -0.05) is 51.0 Å². The molecular formula is C15H22. The van der Waals surface area contributed by atoms with Crippen LogP contribution in [0, 0.1) is 0 Å². The third kappa shape index (κ3) is 3.54. The van der Waals surface area contributed by atoms with E-state index in [2.05, 4.69) is 38.6 Å². The smallest absolute Gasteiger partial charge is 0.00974 e. The van der Waals surface area contributed by atoms with Gasteiger partial charge in [0.05, 0.1) is 0 Å². The summed E-state index contributed by atoms with van der Waals surface area (Å²) >= 11 is 0.